The quantitative estimate of drug-likeness (QED) is 0.411. The zero-order chi connectivity index (χ0) is 7.52. The first-order chi connectivity index (χ1) is 5.45. The van der Waals surface area contributed by atoms with Gasteiger partial charge in [-0.3, -0.25) is 0 Å². The summed E-state index contributed by atoms with van der Waals surface area (Å²) in [6.07, 6.45) is 3.98. The number of nitrogens with one attached hydrogen (secondary N) is 2. The molecule has 5 heteroatoms. The average molecular weight is 470 g/mol. The van der Waals surface area contributed by atoms with Crippen LogP contribution in [0.4, 0.5) is 0 Å². The molecule has 0 atom stereocenters. The van der Waals surface area contributed by atoms with E-state index in [2.05, 4.69) is 34.2 Å². The van der Waals surface area contributed by atoms with Gasteiger partial charge in [0.25, 0.3) is 0 Å². The molecule has 0 saturated carbocycles. The number of hydrogen-bond donors (Lipinski definition) is 2. The summed E-state index contributed by atoms with van der Waals surface area (Å²) in [6.45, 7) is 0. The summed E-state index contributed by atoms with van der Waals surface area (Å²) >= 11 is -0.748. The molecule has 0 aliphatic carbocycles. The molecular weight excluding hydrogens is 462 g/mol. The molecule has 0 unspecified atom stereocenters. The molecule has 0 saturated heterocycles. The molecule has 0 amide bonds. The van der Waals surface area contributed by atoms with Gasteiger partial charge in [-0.15, -0.1) is 0 Å². The Kier molecular flexibility index (Phi) is 6.99. The van der Waals surface area contributed by atoms with E-state index in [-0.39, 0.29) is 34.0 Å². The van der Waals surface area contributed by atoms with Gasteiger partial charge in [0.1, 0.15) is 0 Å². The summed E-state index contributed by atoms with van der Waals surface area (Å²) in [5, 5.41) is 0. The molecule has 0 aliphatic rings. The van der Waals surface area contributed by atoms with Crippen molar-refractivity contribution in [3.63, 3.8) is 0 Å². The van der Waals surface area contributed by atoms with Gasteiger partial charge in [-0.05, 0) is 0 Å². The van der Waals surface area contributed by atoms with Crippen LogP contribution >= 0.6 is 0 Å². The van der Waals surface area contributed by atoms with Crippen LogP contribution in [0.3, 0.4) is 0 Å². The van der Waals surface area contributed by atoms with Crippen LogP contribution in [0.15, 0.2) is 36.7 Å². The molecule has 2 N–H and O–H groups in total. The summed E-state index contributed by atoms with van der Waals surface area (Å²) in [5.74, 6) is 0. The zero-order valence-electron chi connectivity index (χ0n) is 6.72. The molecular formula is C8H8Br2HfN2. The van der Waals surface area contributed by atoms with E-state index >= 15 is 0 Å². The molecule has 68 valence electrons. The summed E-state index contributed by atoms with van der Waals surface area (Å²) in [4.78, 5) is 6.48. The Balaban J connectivity index is 0.000000720. The van der Waals surface area contributed by atoms with E-state index in [1.807, 2.05) is 12.4 Å². The van der Waals surface area contributed by atoms with Crippen molar-refractivity contribution in [3.8, 4) is 0 Å². The monoisotopic (exact) mass is 470 g/mol. The Bertz CT molecular complexity index is 273. The van der Waals surface area contributed by atoms with Crippen LogP contribution in [-0.4, -0.2) is 9.97 Å². The predicted molar refractivity (Wildman–Crippen MR) is 40.9 cm³/mol. The van der Waals surface area contributed by atoms with Gasteiger partial charge in [-0.25, -0.2) is 0 Å². The second-order valence-corrected chi connectivity index (χ2v) is 7.06. The third-order valence-corrected chi connectivity index (χ3v) is 5.64. The van der Waals surface area contributed by atoms with Gasteiger partial charge in [0.05, 0.1) is 0 Å². The van der Waals surface area contributed by atoms with Gasteiger partial charge in [-0.2, -0.15) is 0 Å². The molecule has 2 aromatic heterocycles. The van der Waals surface area contributed by atoms with E-state index < -0.39 is 22.9 Å². The number of aromatic nitrogens is 2. The van der Waals surface area contributed by atoms with Gasteiger partial charge in [0.2, 0.25) is 0 Å². The van der Waals surface area contributed by atoms with Crippen molar-refractivity contribution in [2.75, 3.05) is 0 Å². The Morgan fingerprint density at radius 1 is 0.846 bits per heavy atom. The van der Waals surface area contributed by atoms with Crippen molar-refractivity contribution in [1.29, 1.82) is 0 Å². The van der Waals surface area contributed by atoms with E-state index in [0.717, 1.165) is 0 Å². The molecule has 2 aromatic rings. The van der Waals surface area contributed by atoms with Crippen LogP contribution < -0.4 is 40.9 Å². The van der Waals surface area contributed by atoms with Gasteiger partial charge in [0, 0.05) is 0 Å². The third-order valence-electron chi connectivity index (χ3n) is 1.47. The van der Waals surface area contributed by atoms with Gasteiger partial charge < -0.3 is 34.0 Å². The summed E-state index contributed by atoms with van der Waals surface area (Å²) < 4.78 is 2.87. The van der Waals surface area contributed by atoms with Crippen molar-refractivity contribution in [2.24, 2.45) is 0 Å². The molecule has 0 fully saturated rings. The van der Waals surface area contributed by atoms with Crippen LogP contribution in [0.1, 0.15) is 0 Å². The molecule has 2 rings (SSSR count). The van der Waals surface area contributed by atoms with Crippen molar-refractivity contribution in [1.82, 2.24) is 9.97 Å². The second kappa shape index (κ2) is 6.79. The maximum atomic E-state index is 3.24. The van der Waals surface area contributed by atoms with Crippen LogP contribution in [-0.2, 0) is 22.9 Å². The summed E-state index contributed by atoms with van der Waals surface area (Å²) in [5.41, 5.74) is 0. The molecule has 13 heavy (non-hydrogen) atoms. The average Bonchev–Trinajstić information content (AvgIpc) is 2.60. The Morgan fingerprint density at radius 3 is 1.62 bits per heavy atom. The Hall–Kier alpha value is 0.390. The molecule has 0 aromatic carbocycles. The third kappa shape index (κ3) is 3.96. The number of rotatable bonds is 2. The SMILES string of the molecule is [Br-].[Br-].c1c[nH][c]([Hf+2][c]2ccc[nH]2)c1. The molecule has 2 heterocycles. The summed E-state index contributed by atoms with van der Waals surface area (Å²) in [6, 6.07) is 8.46. The number of hydrogen-bond acceptors (Lipinski definition) is 0. The minimum atomic E-state index is -0.748. The normalized spacial score (nSPS) is 8.00. The Labute approximate surface area is 109 Å². The van der Waals surface area contributed by atoms with Gasteiger partial charge in [-0.1, -0.05) is 0 Å². The molecule has 0 spiro atoms. The van der Waals surface area contributed by atoms with Gasteiger partial charge >= 0.3 is 76.4 Å². The van der Waals surface area contributed by atoms with Crippen LogP contribution in [0.25, 0.3) is 0 Å². The van der Waals surface area contributed by atoms with Crippen LogP contribution in [0, 0.1) is 0 Å². The molecule has 0 aliphatic heterocycles. The first-order valence-corrected chi connectivity index (χ1v) is 7.08. The fourth-order valence-electron chi connectivity index (χ4n) is 0.961. The van der Waals surface area contributed by atoms with E-state index in [0.29, 0.717) is 0 Å². The maximum absolute atomic E-state index is 3.24. The fourth-order valence-corrected chi connectivity index (χ4v) is 4.41. The minimum absolute atomic E-state index is 0. The predicted octanol–water partition coefficient (Wildman–Crippen LogP) is -5.62. The van der Waals surface area contributed by atoms with Gasteiger partial charge in [0.15, 0.2) is 0 Å². The van der Waals surface area contributed by atoms with E-state index in [9.17, 15) is 0 Å². The van der Waals surface area contributed by atoms with Crippen molar-refractivity contribution in [2.45, 2.75) is 0 Å². The number of aromatic amines is 2. The second-order valence-electron chi connectivity index (χ2n) is 2.29. The van der Waals surface area contributed by atoms with E-state index in [4.69, 9.17) is 0 Å². The number of H-pyrrole nitrogens is 2. The summed E-state index contributed by atoms with van der Waals surface area (Å²) in [7, 11) is 0. The first-order valence-electron chi connectivity index (χ1n) is 3.49. The standard InChI is InChI=1S/2C4H4N.2BrH.Hf/c2*1-2-4-5-3-1;;;/h2*1-3,5H;2*1H;/q;;;;+2/p-2. The molecule has 2 nitrogen and oxygen atoms in total. The van der Waals surface area contributed by atoms with Crippen LogP contribution in [0.2, 0.25) is 0 Å². The zero-order valence-corrected chi connectivity index (χ0v) is 13.5. The van der Waals surface area contributed by atoms with E-state index in [1.54, 1.807) is 0 Å². The topological polar surface area (TPSA) is 31.6 Å². The van der Waals surface area contributed by atoms with Crippen molar-refractivity contribution < 1.29 is 56.9 Å². The van der Waals surface area contributed by atoms with E-state index in [1.165, 1.54) is 6.90 Å². The number of halogens is 2. The van der Waals surface area contributed by atoms with Crippen LogP contribution in [0.5, 0.6) is 0 Å². The van der Waals surface area contributed by atoms with Crippen molar-refractivity contribution >= 4 is 6.90 Å². The van der Waals surface area contributed by atoms with Crippen molar-refractivity contribution in [3.05, 3.63) is 36.7 Å². The Morgan fingerprint density at radius 2 is 1.31 bits per heavy atom. The molecule has 0 radical (unpaired) electrons. The molecule has 0 bridgehead atoms. The first kappa shape index (κ1) is 13.4. The fraction of sp³-hybridized carbons (Fsp3) is 0.